The fraction of sp³-hybridized carbons (Fsp3) is 0.0667. The number of fused-ring (bicyclic) bond motifs is 1. The number of benzene rings is 1. The molecule has 0 spiro atoms. The zero-order valence-electron chi connectivity index (χ0n) is 12.0. The van der Waals surface area contributed by atoms with E-state index in [0.717, 1.165) is 0 Å². The topological polar surface area (TPSA) is 89.5 Å². The molecular formula is C15H11FN4O3. The Labute approximate surface area is 129 Å². The summed E-state index contributed by atoms with van der Waals surface area (Å²) in [7, 11) is 0. The number of non-ortho nitro benzene ring substituents is 1. The number of anilines is 1. The minimum atomic E-state index is -0.539. The van der Waals surface area contributed by atoms with Crippen LogP contribution in [0.2, 0.25) is 0 Å². The third-order valence-corrected chi connectivity index (χ3v) is 3.33. The van der Waals surface area contributed by atoms with E-state index in [4.69, 9.17) is 0 Å². The zero-order chi connectivity index (χ0) is 16.6. The van der Waals surface area contributed by atoms with Crippen molar-refractivity contribution in [1.29, 1.82) is 0 Å². The number of hydrogen-bond donors (Lipinski definition) is 1. The number of amides is 1. The van der Waals surface area contributed by atoms with E-state index in [-0.39, 0.29) is 11.4 Å². The summed E-state index contributed by atoms with van der Waals surface area (Å²) in [6.45, 7) is 1.72. The van der Waals surface area contributed by atoms with Gasteiger partial charge in [0, 0.05) is 24.5 Å². The lowest BCUT2D eigenvalue weighted by Gasteiger charge is -2.06. The van der Waals surface area contributed by atoms with Crippen molar-refractivity contribution in [3.8, 4) is 0 Å². The Hall–Kier alpha value is -3.29. The van der Waals surface area contributed by atoms with E-state index in [1.54, 1.807) is 13.0 Å². The minimum Gasteiger partial charge on any atom is -0.320 e. The van der Waals surface area contributed by atoms with E-state index in [0.29, 0.717) is 16.9 Å². The molecule has 23 heavy (non-hydrogen) atoms. The Balaban J connectivity index is 1.91. The van der Waals surface area contributed by atoms with Gasteiger partial charge in [0.1, 0.15) is 17.2 Å². The van der Waals surface area contributed by atoms with Gasteiger partial charge < -0.3 is 9.72 Å². The van der Waals surface area contributed by atoms with Gasteiger partial charge in [0.05, 0.1) is 10.6 Å². The molecule has 1 N–H and O–H groups in total. The quantitative estimate of drug-likeness (QED) is 0.594. The molecule has 0 atom stereocenters. The van der Waals surface area contributed by atoms with Crippen molar-refractivity contribution in [3.63, 3.8) is 0 Å². The van der Waals surface area contributed by atoms with Crippen LogP contribution in [0.4, 0.5) is 15.8 Å². The predicted molar refractivity (Wildman–Crippen MR) is 80.9 cm³/mol. The Morgan fingerprint density at radius 1 is 1.30 bits per heavy atom. The van der Waals surface area contributed by atoms with Gasteiger partial charge in [-0.25, -0.2) is 9.37 Å². The molecule has 0 aliphatic rings. The number of halogens is 1. The van der Waals surface area contributed by atoms with Crippen molar-refractivity contribution in [2.24, 2.45) is 0 Å². The van der Waals surface area contributed by atoms with Crippen LogP contribution < -0.4 is 5.32 Å². The second-order valence-electron chi connectivity index (χ2n) is 4.95. The Bertz CT molecular complexity index is 936. The highest BCUT2D eigenvalue weighted by atomic mass is 19.1. The summed E-state index contributed by atoms with van der Waals surface area (Å²) in [6, 6.07) is 6.88. The van der Waals surface area contributed by atoms with Gasteiger partial charge in [0.25, 0.3) is 11.6 Å². The normalized spacial score (nSPS) is 10.7. The Kier molecular flexibility index (Phi) is 3.49. The van der Waals surface area contributed by atoms with Crippen molar-refractivity contribution in [3.05, 3.63) is 69.9 Å². The molecule has 3 rings (SSSR count). The molecular weight excluding hydrogens is 303 g/mol. The molecule has 0 saturated heterocycles. The highest BCUT2D eigenvalue weighted by molar-refractivity contribution is 6.03. The van der Waals surface area contributed by atoms with Crippen molar-refractivity contribution < 1.29 is 14.1 Å². The van der Waals surface area contributed by atoms with Crippen molar-refractivity contribution in [2.75, 3.05) is 5.32 Å². The number of carbonyl (C=O) groups excluding carboxylic acids is 1. The van der Waals surface area contributed by atoms with Crippen LogP contribution in [0.15, 0.2) is 42.7 Å². The van der Waals surface area contributed by atoms with Crippen LogP contribution in [0.5, 0.6) is 0 Å². The summed E-state index contributed by atoms with van der Waals surface area (Å²) in [5, 5.41) is 13.4. The van der Waals surface area contributed by atoms with Gasteiger partial charge in [-0.3, -0.25) is 14.9 Å². The van der Waals surface area contributed by atoms with Gasteiger partial charge in [0.2, 0.25) is 0 Å². The SMILES string of the molecule is Cc1ccc([N+](=O)[O-])cc1NC(=O)c1cn2cc(F)ccc2n1. The third kappa shape index (κ3) is 2.86. The molecule has 0 fully saturated rings. The van der Waals surface area contributed by atoms with E-state index < -0.39 is 16.6 Å². The van der Waals surface area contributed by atoms with Crippen LogP contribution in [0.25, 0.3) is 5.65 Å². The first kappa shape index (κ1) is 14.6. The monoisotopic (exact) mass is 314 g/mol. The summed E-state index contributed by atoms with van der Waals surface area (Å²) in [5.41, 5.74) is 1.39. The van der Waals surface area contributed by atoms with E-state index >= 15 is 0 Å². The molecule has 116 valence electrons. The number of hydrogen-bond acceptors (Lipinski definition) is 4. The number of aryl methyl sites for hydroxylation is 1. The van der Waals surface area contributed by atoms with Crippen LogP contribution >= 0.6 is 0 Å². The average Bonchev–Trinajstić information content (AvgIpc) is 2.92. The number of nitro groups is 1. The molecule has 1 amide bonds. The van der Waals surface area contributed by atoms with Crippen LogP contribution in [0.1, 0.15) is 16.1 Å². The van der Waals surface area contributed by atoms with Gasteiger partial charge in [-0.15, -0.1) is 0 Å². The van der Waals surface area contributed by atoms with Crippen molar-refractivity contribution in [2.45, 2.75) is 6.92 Å². The minimum absolute atomic E-state index is 0.0847. The smallest absolute Gasteiger partial charge is 0.275 e. The lowest BCUT2D eigenvalue weighted by atomic mass is 10.2. The molecule has 2 aromatic heterocycles. The number of nitrogens with one attached hydrogen (secondary N) is 1. The second-order valence-corrected chi connectivity index (χ2v) is 4.95. The molecule has 2 heterocycles. The molecule has 1 aromatic carbocycles. The average molecular weight is 314 g/mol. The number of nitro benzene ring substituents is 1. The zero-order valence-corrected chi connectivity index (χ0v) is 12.0. The second kappa shape index (κ2) is 5.48. The van der Waals surface area contributed by atoms with Crippen LogP contribution in [0.3, 0.4) is 0 Å². The molecule has 0 saturated carbocycles. The predicted octanol–water partition coefficient (Wildman–Crippen LogP) is 2.94. The number of rotatable bonds is 3. The van der Waals surface area contributed by atoms with Gasteiger partial charge >= 0.3 is 0 Å². The summed E-state index contributed by atoms with van der Waals surface area (Å²) in [6.07, 6.45) is 2.60. The first-order valence-electron chi connectivity index (χ1n) is 6.65. The molecule has 0 aliphatic carbocycles. The van der Waals surface area contributed by atoms with E-state index in [9.17, 15) is 19.3 Å². The van der Waals surface area contributed by atoms with Gasteiger partial charge in [-0.2, -0.15) is 0 Å². The van der Waals surface area contributed by atoms with E-state index in [2.05, 4.69) is 10.3 Å². The van der Waals surface area contributed by atoms with E-state index in [1.807, 2.05) is 0 Å². The molecule has 8 heteroatoms. The maximum absolute atomic E-state index is 13.2. The van der Waals surface area contributed by atoms with Gasteiger partial charge in [-0.1, -0.05) is 6.07 Å². The lowest BCUT2D eigenvalue weighted by Crippen LogP contribution is -2.13. The number of nitrogens with zero attached hydrogens (tertiary/aromatic N) is 3. The fourth-order valence-corrected chi connectivity index (χ4v) is 2.12. The fourth-order valence-electron chi connectivity index (χ4n) is 2.12. The number of carbonyl (C=O) groups is 1. The summed E-state index contributed by atoms with van der Waals surface area (Å²) < 4.78 is 14.5. The van der Waals surface area contributed by atoms with Crippen molar-refractivity contribution >= 4 is 22.9 Å². The first-order chi connectivity index (χ1) is 10.9. The molecule has 0 unspecified atom stereocenters. The van der Waals surface area contributed by atoms with Crippen molar-refractivity contribution in [1.82, 2.24) is 9.38 Å². The molecule has 0 radical (unpaired) electrons. The maximum atomic E-state index is 13.2. The molecule has 3 aromatic rings. The number of pyridine rings is 1. The molecule has 0 aliphatic heterocycles. The lowest BCUT2D eigenvalue weighted by molar-refractivity contribution is -0.384. The summed E-state index contributed by atoms with van der Waals surface area (Å²) >= 11 is 0. The summed E-state index contributed by atoms with van der Waals surface area (Å²) in [4.78, 5) is 26.6. The van der Waals surface area contributed by atoms with E-state index in [1.165, 1.54) is 41.1 Å². The highest BCUT2D eigenvalue weighted by Gasteiger charge is 2.15. The maximum Gasteiger partial charge on any atom is 0.275 e. The summed E-state index contributed by atoms with van der Waals surface area (Å²) in [5.74, 6) is -0.978. The molecule has 7 nitrogen and oxygen atoms in total. The Morgan fingerprint density at radius 2 is 2.09 bits per heavy atom. The number of imidazole rings is 1. The van der Waals surface area contributed by atoms with Crippen LogP contribution in [0, 0.1) is 22.9 Å². The largest absolute Gasteiger partial charge is 0.320 e. The highest BCUT2D eigenvalue weighted by Crippen LogP contribution is 2.22. The van der Waals surface area contributed by atoms with Gasteiger partial charge in [-0.05, 0) is 24.6 Å². The number of aromatic nitrogens is 2. The standard InChI is InChI=1S/C15H11FN4O3/c1-9-2-4-11(20(22)23)6-12(9)18-15(21)13-8-19-7-10(16)3-5-14(19)17-13/h2-8H,1H3,(H,18,21). The molecule has 0 bridgehead atoms. The van der Waals surface area contributed by atoms with Crippen LogP contribution in [-0.4, -0.2) is 20.2 Å². The van der Waals surface area contributed by atoms with Gasteiger partial charge in [0.15, 0.2) is 0 Å². The van der Waals surface area contributed by atoms with Crippen LogP contribution in [-0.2, 0) is 0 Å². The first-order valence-corrected chi connectivity index (χ1v) is 6.65. The third-order valence-electron chi connectivity index (χ3n) is 3.33. The Morgan fingerprint density at radius 3 is 2.83 bits per heavy atom.